The number of hydrogen-bond acceptors (Lipinski definition) is 4. The highest BCUT2D eigenvalue weighted by Crippen LogP contribution is 2.27. The van der Waals surface area contributed by atoms with Crippen LogP contribution < -0.4 is 10.6 Å². The molecule has 2 N–H and O–H groups in total. The Bertz CT molecular complexity index is 555. The van der Waals surface area contributed by atoms with E-state index in [1.165, 1.54) is 12.8 Å². The Labute approximate surface area is 113 Å². The maximum Gasteiger partial charge on any atom is 0.148 e. The molecule has 19 heavy (non-hydrogen) atoms. The van der Waals surface area contributed by atoms with Crippen molar-refractivity contribution < 1.29 is 0 Å². The third kappa shape index (κ3) is 2.54. The summed E-state index contributed by atoms with van der Waals surface area (Å²) in [6.45, 7) is 1.86. The smallest absolute Gasteiger partial charge is 0.148 e. The quantitative estimate of drug-likeness (QED) is 0.912. The van der Waals surface area contributed by atoms with Crippen molar-refractivity contribution in [2.24, 2.45) is 5.73 Å². The molecule has 0 amide bonds. The predicted octanol–water partition coefficient (Wildman–Crippen LogP) is 2.34. The monoisotopic (exact) mass is 256 g/mol. The van der Waals surface area contributed by atoms with Gasteiger partial charge in [-0.1, -0.05) is 12.1 Å². The molecule has 1 fully saturated rings. The summed E-state index contributed by atoms with van der Waals surface area (Å²) >= 11 is 0. The van der Waals surface area contributed by atoms with E-state index in [2.05, 4.69) is 9.88 Å². The summed E-state index contributed by atoms with van der Waals surface area (Å²) in [5.74, 6) is 1.01. The summed E-state index contributed by atoms with van der Waals surface area (Å²) in [7, 11) is 0. The second kappa shape index (κ2) is 5.53. The third-order valence-electron chi connectivity index (χ3n) is 3.85. The highest BCUT2D eigenvalue weighted by atomic mass is 15.2. The fraction of sp³-hybridized carbons (Fsp3) is 0.467. The topological polar surface area (TPSA) is 55.0 Å². The summed E-state index contributed by atoms with van der Waals surface area (Å²) in [5.41, 5.74) is 7.56. The van der Waals surface area contributed by atoms with Crippen LogP contribution in [0, 0.1) is 0 Å². The molecule has 2 aromatic rings. The molecule has 1 atom stereocenters. The fourth-order valence-corrected chi connectivity index (χ4v) is 2.88. The molecule has 0 radical (unpaired) electrons. The molecule has 0 aliphatic carbocycles. The summed E-state index contributed by atoms with van der Waals surface area (Å²) in [5, 5.41) is 0. The zero-order valence-electron chi connectivity index (χ0n) is 11.1. The van der Waals surface area contributed by atoms with Crippen LogP contribution >= 0.6 is 0 Å². The zero-order chi connectivity index (χ0) is 13.1. The molecular weight excluding hydrogens is 236 g/mol. The van der Waals surface area contributed by atoms with E-state index < -0.39 is 0 Å². The van der Waals surface area contributed by atoms with E-state index in [9.17, 15) is 0 Å². The van der Waals surface area contributed by atoms with Crippen molar-refractivity contribution in [2.75, 3.05) is 18.0 Å². The summed E-state index contributed by atoms with van der Waals surface area (Å²) in [4.78, 5) is 11.7. The van der Waals surface area contributed by atoms with Crippen LogP contribution in [0.4, 0.5) is 5.82 Å². The molecular formula is C15H20N4. The number of anilines is 1. The molecule has 0 bridgehead atoms. The molecule has 4 heteroatoms. The van der Waals surface area contributed by atoms with Gasteiger partial charge in [0.2, 0.25) is 0 Å². The van der Waals surface area contributed by atoms with Crippen molar-refractivity contribution in [3.05, 3.63) is 30.5 Å². The van der Waals surface area contributed by atoms with Gasteiger partial charge < -0.3 is 10.6 Å². The van der Waals surface area contributed by atoms with Gasteiger partial charge in [-0.15, -0.1) is 0 Å². The van der Waals surface area contributed by atoms with Gasteiger partial charge in [0.05, 0.1) is 17.2 Å². The van der Waals surface area contributed by atoms with Crippen LogP contribution in [-0.4, -0.2) is 29.1 Å². The average molecular weight is 256 g/mol. The number of para-hydroxylation sites is 2. The first-order chi connectivity index (χ1) is 9.38. The van der Waals surface area contributed by atoms with Crippen LogP contribution in [0.2, 0.25) is 0 Å². The van der Waals surface area contributed by atoms with E-state index in [-0.39, 0.29) is 0 Å². The second-order valence-corrected chi connectivity index (χ2v) is 5.14. The maximum absolute atomic E-state index is 5.62. The molecule has 3 rings (SSSR count). The molecule has 0 saturated carbocycles. The van der Waals surface area contributed by atoms with Gasteiger partial charge in [0.15, 0.2) is 0 Å². The largest absolute Gasteiger partial charge is 0.352 e. The minimum absolute atomic E-state index is 0.582. The average Bonchev–Trinajstić information content (AvgIpc) is 2.93. The molecule has 1 saturated heterocycles. The molecule has 1 unspecified atom stereocenters. The molecule has 4 nitrogen and oxygen atoms in total. The Hall–Kier alpha value is -1.68. The van der Waals surface area contributed by atoms with Gasteiger partial charge in [-0.05, 0) is 44.4 Å². The van der Waals surface area contributed by atoms with E-state index in [1.54, 1.807) is 0 Å². The highest BCUT2D eigenvalue weighted by Gasteiger charge is 2.25. The molecule has 0 spiro atoms. The third-order valence-corrected chi connectivity index (χ3v) is 3.85. The van der Waals surface area contributed by atoms with Gasteiger partial charge in [-0.3, -0.25) is 4.98 Å². The summed E-state index contributed by atoms with van der Waals surface area (Å²) < 4.78 is 0. The van der Waals surface area contributed by atoms with Crippen molar-refractivity contribution in [3.63, 3.8) is 0 Å². The van der Waals surface area contributed by atoms with Gasteiger partial charge in [0.25, 0.3) is 0 Å². The van der Waals surface area contributed by atoms with E-state index in [0.717, 1.165) is 42.8 Å². The van der Waals surface area contributed by atoms with Crippen LogP contribution in [0.1, 0.15) is 25.7 Å². The number of hydrogen-bond donors (Lipinski definition) is 1. The number of benzene rings is 1. The van der Waals surface area contributed by atoms with Crippen LogP contribution in [0.5, 0.6) is 0 Å². The Morgan fingerprint density at radius 2 is 2.11 bits per heavy atom. The second-order valence-electron chi connectivity index (χ2n) is 5.14. The lowest BCUT2D eigenvalue weighted by atomic mass is 10.1. The molecule has 1 aliphatic heterocycles. The number of fused-ring (bicyclic) bond motifs is 1. The molecule has 100 valence electrons. The first kappa shape index (κ1) is 12.4. The van der Waals surface area contributed by atoms with Crippen molar-refractivity contribution in [1.82, 2.24) is 9.97 Å². The molecule has 1 aliphatic rings. The van der Waals surface area contributed by atoms with Crippen molar-refractivity contribution in [1.29, 1.82) is 0 Å². The van der Waals surface area contributed by atoms with Crippen molar-refractivity contribution in [2.45, 2.75) is 31.7 Å². The number of aromatic nitrogens is 2. The normalized spacial score (nSPS) is 19.2. The first-order valence-corrected chi connectivity index (χ1v) is 7.07. The fourth-order valence-electron chi connectivity index (χ4n) is 2.88. The van der Waals surface area contributed by atoms with Gasteiger partial charge in [0.1, 0.15) is 5.82 Å². The number of rotatable bonds is 4. The van der Waals surface area contributed by atoms with Gasteiger partial charge >= 0.3 is 0 Å². The van der Waals surface area contributed by atoms with E-state index in [4.69, 9.17) is 10.7 Å². The standard InChI is InChI=1S/C15H20N4/c16-9-3-5-12-6-4-10-19(12)15-11-17-13-7-1-2-8-14(13)18-15/h1-2,7-8,11-12H,3-6,9-10,16H2. The summed E-state index contributed by atoms with van der Waals surface area (Å²) in [6.07, 6.45) is 6.63. The Kier molecular flexibility index (Phi) is 3.60. The number of nitrogens with zero attached hydrogens (tertiary/aromatic N) is 3. The maximum atomic E-state index is 5.62. The van der Waals surface area contributed by atoms with E-state index in [1.807, 2.05) is 30.5 Å². The number of nitrogens with two attached hydrogens (primary N) is 1. The van der Waals surface area contributed by atoms with Crippen molar-refractivity contribution >= 4 is 16.9 Å². The first-order valence-electron chi connectivity index (χ1n) is 7.07. The zero-order valence-corrected chi connectivity index (χ0v) is 11.1. The highest BCUT2D eigenvalue weighted by molar-refractivity contribution is 5.75. The summed E-state index contributed by atoms with van der Waals surface area (Å²) in [6, 6.07) is 8.62. The van der Waals surface area contributed by atoms with Gasteiger partial charge in [-0.25, -0.2) is 4.98 Å². The Balaban J connectivity index is 1.86. The lowest BCUT2D eigenvalue weighted by molar-refractivity contribution is 0.582. The minimum Gasteiger partial charge on any atom is -0.352 e. The minimum atomic E-state index is 0.582. The lowest BCUT2D eigenvalue weighted by Gasteiger charge is -2.25. The molecule has 2 heterocycles. The Morgan fingerprint density at radius 3 is 2.95 bits per heavy atom. The lowest BCUT2D eigenvalue weighted by Crippen LogP contribution is -2.30. The molecule has 1 aromatic carbocycles. The predicted molar refractivity (Wildman–Crippen MR) is 78.2 cm³/mol. The van der Waals surface area contributed by atoms with Crippen LogP contribution in [0.15, 0.2) is 30.5 Å². The molecule has 1 aromatic heterocycles. The van der Waals surface area contributed by atoms with Gasteiger partial charge in [0, 0.05) is 12.6 Å². The van der Waals surface area contributed by atoms with E-state index in [0.29, 0.717) is 6.04 Å². The van der Waals surface area contributed by atoms with Crippen molar-refractivity contribution in [3.8, 4) is 0 Å². The van der Waals surface area contributed by atoms with Crippen LogP contribution in [-0.2, 0) is 0 Å². The van der Waals surface area contributed by atoms with Crippen LogP contribution in [0.3, 0.4) is 0 Å². The Morgan fingerprint density at radius 1 is 1.26 bits per heavy atom. The van der Waals surface area contributed by atoms with E-state index >= 15 is 0 Å². The van der Waals surface area contributed by atoms with Crippen LogP contribution in [0.25, 0.3) is 11.0 Å². The SMILES string of the molecule is NCCCC1CCCN1c1cnc2ccccc2n1. The van der Waals surface area contributed by atoms with Gasteiger partial charge in [-0.2, -0.15) is 0 Å².